The SMILES string of the molecule is [B]OC(=O)/C(C=Nc1cc(OC)ccn1)=C/N. The van der Waals surface area contributed by atoms with Gasteiger partial charge in [-0.05, 0) is 6.07 Å². The molecule has 0 saturated heterocycles. The molecule has 0 saturated carbocycles. The Morgan fingerprint density at radius 1 is 1.65 bits per heavy atom. The lowest BCUT2D eigenvalue weighted by atomic mass is 10.3. The summed E-state index contributed by atoms with van der Waals surface area (Å²) < 4.78 is 9.00. The Hall–Kier alpha value is -2.31. The molecule has 17 heavy (non-hydrogen) atoms. The molecule has 1 rings (SSSR count). The van der Waals surface area contributed by atoms with Crippen LogP contribution in [0.4, 0.5) is 5.82 Å². The smallest absolute Gasteiger partial charge is 0.378 e. The van der Waals surface area contributed by atoms with E-state index in [0.717, 1.165) is 6.20 Å². The molecular weight excluding hydrogens is 221 g/mol. The average molecular weight is 231 g/mol. The second kappa shape index (κ2) is 6.31. The summed E-state index contributed by atoms with van der Waals surface area (Å²) in [6.45, 7) is 0. The number of pyridine rings is 1. The molecule has 6 nitrogen and oxygen atoms in total. The highest BCUT2D eigenvalue weighted by Gasteiger charge is 2.05. The van der Waals surface area contributed by atoms with Crippen LogP contribution in [0.5, 0.6) is 5.75 Å². The third kappa shape index (κ3) is 3.64. The first-order valence-corrected chi connectivity index (χ1v) is 4.58. The van der Waals surface area contributed by atoms with Crippen LogP contribution in [0, 0.1) is 0 Å². The van der Waals surface area contributed by atoms with E-state index in [1.165, 1.54) is 19.5 Å². The fraction of sp³-hybridized carbons (Fsp3) is 0.100. The summed E-state index contributed by atoms with van der Waals surface area (Å²) in [5, 5.41) is 0. The van der Waals surface area contributed by atoms with Crippen LogP contribution in [0.3, 0.4) is 0 Å². The van der Waals surface area contributed by atoms with Crippen LogP contribution in [-0.2, 0) is 9.45 Å². The molecule has 0 amide bonds. The summed E-state index contributed by atoms with van der Waals surface area (Å²) in [7, 11) is 6.25. The van der Waals surface area contributed by atoms with Crippen LogP contribution in [0.2, 0.25) is 0 Å². The number of carbonyl (C=O) groups is 1. The van der Waals surface area contributed by atoms with E-state index in [9.17, 15) is 4.79 Å². The van der Waals surface area contributed by atoms with E-state index in [0.29, 0.717) is 11.6 Å². The van der Waals surface area contributed by atoms with Gasteiger partial charge in [-0.15, -0.1) is 0 Å². The van der Waals surface area contributed by atoms with Gasteiger partial charge in [-0.1, -0.05) is 0 Å². The zero-order chi connectivity index (χ0) is 12.7. The van der Waals surface area contributed by atoms with Crippen molar-refractivity contribution in [1.82, 2.24) is 4.98 Å². The van der Waals surface area contributed by atoms with Crippen molar-refractivity contribution in [1.29, 1.82) is 0 Å². The number of rotatable bonds is 4. The van der Waals surface area contributed by atoms with Crippen LogP contribution in [-0.4, -0.2) is 32.3 Å². The second-order valence-electron chi connectivity index (χ2n) is 2.84. The highest BCUT2D eigenvalue weighted by atomic mass is 16.5. The van der Waals surface area contributed by atoms with Crippen LogP contribution >= 0.6 is 0 Å². The molecule has 7 heteroatoms. The summed E-state index contributed by atoms with van der Waals surface area (Å²) in [5.74, 6) is 0.194. The van der Waals surface area contributed by atoms with Crippen molar-refractivity contribution in [3.8, 4) is 5.75 Å². The number of nitrogens with two attached hydrogens (primary N) is 1. The van der Waals surface area contributed by atoms with Gasteiger partial charge < -0.3 is 15.1 Å². The molecule has 1 aromatic heterocycles. The zero-order valence-corrected chi connectivity index (χ0v) is 9.16. The maximum Gasteiger partial charge on any atom is 0.378 e. The Labute approximate surface area is 99.6 Å². The number of nitrogens with zero attached hydrogens (tertiary/aromatic N) is 2. The van der Waals surface area contributed by atoms with Gasteiger partial charge in [0.05, 0.1) is 12.7 Å². The highest BCUT2D eigenvalue weighted by molar-refractivity contribution is 6.17. The van der Waals surface area contributed by atoms with E-state index in [1.54, 1.807) is 12.1 Å². The molecule has 0 aliphatic rings. The van der Waals surface area contributed by atoms with Gasteiger partial charge in [-0.25, -0.2) is 14.8 Å². The fourth-order valence-corrected chi connectivity index (χ4v) is 0.965. The molecule has 0 aliphatic carbocycles. The Morgan fingerprint density at radius 3 is 3.00 bits per heavy atom. The van der Waals surface area contributed by atoms with E-state index >= 15 is 0 Å². The van der Waals surface area contributed by atoms with Gasteiger partial charge in [0, 0.05) is 24.7 Å². The monoisotopic (exact) mass is 231 g/mol. The third-order valence-corrected chi connectivity index (χ3v) is 1.81. The summed E-state index contributed by atoms with van der Waals surface area (Å²) in [6, 6.07) is 3.27. The molecule has 0 atom stereocenters. The highest BCUT2D eigenvalue weighted by Crippen LogP contribution is 2.15. The molecular formula is C10H10BN3O3. The van der Waals surface area contributed by atoms with Crippen molar-refractivity contribution in [3.63, 3.8) is 0 Å². The molecule has 86 valence electrons. The van der Waals surface area contributed by atoms with Gasteiger partial charge in [-0.2, -0.15) is 0 Å². The second-order valence-corrected chi connectivity index (χ2v) is 2.84. The molecule has 0 fully saturated rings. The summed E-state index contributed by atoms with van der Waals surface area (Å²) in [6.07, 6.45) is 3.77. The molecule has 1 aromatic rings. The number of aliphatic imine (C=N–C) groups is 1. The van der Waals surface area contributed by atoms with Crippen LogP contribution in [0.15, 0.2) is 35.1 Å². The van der Waals surface area contributed by atoms with Gasteiger partial charge in [0.15, 0.2) is 5.82 Å². The third-order valence-electron chi connectivity index (χ3n) is 1.81. The van der Waals surface area contributed by atoms with Gasteiger partial charge in [0.2, 0.25) is 0 Å². The molecule has 2 radical (unpaired) electrons. The van der Waals surface area contributed by atoms with E-state index in [-0.39, 0.29) is 5.57 Å². The van der Waals surface area contributed by atoms with Crippen LogP contribution < -0.4 is 10.5 Å². The van der Waals surface area contributed by atoms with Gasteiger partial charge in [-0.3, -0.25) is 0 Å². The van der Waals surface area contributed by atoms with Crippen molar-refractivity contribution in [2.24, 2.45) is 10.7 Å². The van der Waals surface area contributed by atoms with E-state index in [1.807, 2.05) is 0 Å². The first kappa shape index (κ1) is 12.8. The van der Waals surface area contributed by atoms with Crippen molar-refractivity contribution >= 4 is 26.1 Å². The minimum atomic E-state index is -0.779. The van der Waals surface area contributed by atoms with Gasteiger partial charge >= 0.3 is 14.0 Å². The maximum absolute atomic E-state index is 11.1. The molecule has 2 N–H and O–H groups in total. The first-order chi connectivity index (χ1) is 8.21. The minimum Gasteiger partial charge on any atom is -0.540 e. The van der Waals surface area contributed by atoms with Gasteiger partial charge in [0.25, 0.3) is 0 Å². The van der Waals surface area contributed by atoms with Crippen molar-refractivity contribution in [2.75, 3.05) is 7.11 Å². The van der Waals surface area contributed by atoms with Crippen molar-refractivity contribution in [2.45, 2.75) is 0 Å². The number of ether oxygens (including phenoxy) is 1. The van der Waals surface area contributed by atoms with E-state index in [2.05, 4.69) is 14.6 Å². The van der Waals surface area contributed by atoms with E-state index in [4.69, 9.17) is 18.5 Å². The molecule has 0 bridgehead atoms. The first-order valence-electron chi connectivity index (χ1n) is 4.58. The summed E-state index contributed by atoms with van der Waals surface area (Å²) in [5.41, 5.74) is 5.24. The normalized spacial score (nSPS) is 11.5. The molecule has 0 aliphatic heterocycles. The summed E-state index contributed by atoms with van der Waals surface area (Å²) >= 11 is 0. The lowest BCUT2D eigenvalue weighted by molar-refractivity contribution is -0.129. The Bertz CT molecular complexity index is 460. The number of aromatic nitrogens is 1. The number of hydrogen-bond donors (Lipinski definition) is 1. The topological polar surface area (TPSA) is 86.8 Å². The molecule has 0 unspecified atom stereocenters. The Balaban J connectivity index is 2.85. The zero-order valence-electron chi connectivity index (χ0n) is 9.16. The largest absolute Gasteiger partial charge is 0.540 e. The number of hydrogen-bond acceptors (Lipinski definition) is 6. The van der Waals surface area contributed by atoms with Crippen LogP contribution in [0.25, 0.3) is 0 Å². The molecule has 0 aromatic carbocycles. The minimum absolute atomic E-state index is 0.0251. The fourth-order valence-electron chi connectivity index (χ4n) is 0.965. The quantitative estimate of drug-likeness (QED) is 0.456. The summed E-state index contributed by atoms with van der Waals surface area (Å²) in [4.78, 5) is 18.9. The standard InChI is InChI=1S/C10H10BN3O3/c1-16-8-2-3-13-9(4-8)14-6-7(5-12)10(15)17-11/h2-6H,12H2,1H3/b7-5+,14-6?. The van der Waals surface area contributed by atoms with Crippen molar-refractivity contribution < 1.29 is 14.2 Å². The van der Waals surface area contributed by atoms with Crippen LogP contribution in [0.1, 0.15) is 0 Å². The average Bonchev–Trinajstić information content (AvgIpc) is 2.39. The predicted molar refractivity (Wildman–Crippen MR) is 63.1 cm³/mol. The predicted octanol–water partition coefficient (Wildman–Crippen LogP) is 0.262. The number of methoxy groups -OCH3 is 1. The number of carbonyl (C=O) groups excluding carboxylic acids is 1. The maximum atomic E-state index is 11.1. The lowest BCUT2D eigenvalue weighted by Gasteiger charge is -2.00. The van der Waals surface area contributed by atoms with E-state index < -0.39 is 5.97 Å². The lowest BCUT2D eigenvalue weighted by Crippen LogP contribution is -2.08. The molecule has 0 spiro atoms. The van der Waals surface area contributed by atoms with Gasteiger partial charge in [0.1, 0.15) is 5.75 Å². The Morgan fingerprint density at radius 2 is 2.41 bits per heavy atom. The Kier molecular flexibility index (Phi) is 4.74. The molecule has 1 heterocycles. The van der Waals surface area contributed by atoms with Crippen molar-refractivity contribution in [3.05, 3.63) is 30.1 Å².